The Morgan fingerprint density at radius 3 is 2.81 bits per heavy atom. The Balaban J connectivity index is 1.81. The number of carbonyl (C=O) groups excluding carboxylic acids is 1. The van der Waals surface area contributed by atoms with Crippen molar-refractivity contribution in [2.45, 2.75) is 51.6 Å². The average molecular weight is 226 g/mol. The van der Waals surface area contributed by atoms with Crippen molar-refractivity contribution in [1.82, 2.24) is 10.8 Å². The summed E-state index contributed by atoms with van der Waals surface area (Å²) in [5.41, 5.74) is 2.44. The largest absolute Gasteiger partial charge is 0.316 e. The van der Waals surface area contributed by atoms with E-state index in [9.17, 15) is 4.79 Å². The van der Waals surface area contributed by atoms with E-state index in [4.69, 9.17) is 4.84 Å². The van der Waals surface area contributed by atoms with E-state index >= 15 is 0 Å². The summed E-state index contributed by atoms with van der Waals surface area (Å²) in [5, 5.41) is 3.26. The zero-order valence-corrected chi connectivity index (χ0v) is 10.1. The molecular formula is C12H22N2O2. The molecule has 0 radical (unpaired) electrons. The molecule has 4 heteroatoms. The minimum atomic E-state index is -0.237. The van der Waals surface area contributed by atoms with Crippen LogP contribution in [0, 0.1) is 5.41 Å². The summed E-state index contributed by atoms with van der Waals surface area (Å²) in [6.07, 6.45) is 6.65. The predicted molar refractivity (Wildman–Crippen MR) is 61.7 cm³/mol. The van der Waals surface area contributed by atoms with Gasteiger partial charge in [0, 0.05) is 6.54 Å². The monoisotopic (exact) mass is 226 g/mol. The van der Waals surface area contributed by atoms with Gasteiger partial charge >= 0.3 is 0 Å². The van der Waals surface area contributed by atoms with Gasteiger partial charge in [0.1, 0.15) is 0 Å². The molecule has 0 aromatic rings. The highest BCUT2D eigenvalue weighted by molar-refractivity contribution is 5.82. The molecule has 1 saturated heterocycles. The van der Waals surface area contributed by atoms with Crippen LogP contribution in [0.4, 0.5) is 0 Å². The Hall–Kier alpha value is -0.610. The Kier molecular flexibility index (Phi) is 3.82. The second-order valence-electron chi connectivity index (χ2n) is 5.02. The van der Waals surface area contributed by atoms with E-state index in [0.29, 0.717) is 0 Å². The fourth-order valence-corrected chi connectivity index (χ4v) is 2.65. The standard InChI is InChI=1S/C12H22N2O2/c1-2-12(7-8-13-9-12)11(15)14-16-10-5-3-4-6-10/h10,13H,2-9H2,1H3,(H,14,15). The zero-order chi connectivity index (χ0) is 11.4. The molecular weight excluding hydrogens is 204 g/mol. The molecule has 1 aliphatic heterocycles. The van der Waals surface area contributed by atoms with Crippen molar-refractivity contribution in [3.63, 3.8) is 0 Å². The van der Waals surface area contributed by atoms with Gasteiger partial charge in [0.15, 0.2) is 0 Å². The normalized spacial score (nSPS) is 30.8. The number of amides is 1. The van der Waals surface area contributed by atoms with Crippen molar-refractivity contribution in [1.29, 1.82) is 0 Å². The van der Waals surface area contributed by atoms with Crippen LogP contribution in [0.3, 0.4) is 0 Å². The molecule has 1 aliphatic carbocycles. The number of hydrogen-bond donors (Lipinski definition) is 2. The van der Waals surface area contributed by atoms with E-state index in [1.165, 1.54) is 12.8 Å². The van der Waals surface area contributed by atoms with Crippen LogP contribution >= 0.6 is 0 Å². The van der Waals surface area contributed by atoms with Gasteiger partial charge in [-0.25, -0.2) is 5.48 Å². The lowest BCUT2D eigenvalue weighted by Crippen LogP contribution is -2.43. The van der Waals surface area contributed by atoms with Crippen molar-refractivity contribution in [2.24, 2.45) is 5.41 Å². The van der Waals surface area contributed by atoms with Gasteiger partial charge < -0.3 is 5.32 Å². The third-order valence-corrected chi connectivity index (χ3v) is 4.02. The van der Waals surface area contributed by atoms with Crippen LogP contribution in [0.15, 0.2) is 0 Å². The predicted octanol–water partition coefficient (Wildman–Crippen LogP) is 1.37. The highest BCUT2D eigenvalue weighted by Crippen LogP contribution is 2.29. The smallest absolute Gasteiger partial charge is 0.251 e. The van der Waals surface area contributed by atoms with E-state index in [0.717, 1.165) is 38.8 Å². The van der Waals surface area contributed by atoms with Crippen LogP contribution in [-0.2, 0) is 9.63 Å². The average Bonchev–Trinajstić information content (AvgIpc) is 2.97. The van der Waals surface area contributed by atoms with Gasteiger partial charge in [-0.2, -0.15) is 0 Å². The highest BCUT2D eigenvalue weighted by atomic mass is 16.7. The molecule has 1 unspecified atom stereocenters. The first-order chi connectivity index (χ1) is 7.77. The second-order valence-corrected chi connectivity index (χ2v) is 5.02. The molecule has 0 bridgehead atoms. The van der Waals surface area contributed by atoms with Gasteiger partial charge in [0.05, 0.1) is 11.5 Å². The fourth-order valence-electron chi connectivity index (χ4n) is 2.65. The molecule has 0 aromatic heterocycles. The number of hydrogen-bond acceptors (Lipinski definition) is 3. The first-order valence-corrected chi connectivity index (χ1v) is 6.44. The maximum absolute atomic E-state index is 12.1. The summed E-state index contributed by atoms with van der Waals surface area (Å²) in [5.74, 6) is 0.0619. The van der Waals surface area contributed by atoms with Crippen molar-refractivity contribution in [3.8, 4) is 0 Å². The Bertz CT molecular complexity index is 243. The molecule has 2 rings (SSSR count). The minimum absolute atomic E-state index is 0.0619. The second kappa shape index (κ2) is 5.15. The minimum Gasteiger partial charge on any atom is -0.316 e. The molecule has 0 spiro atoms. The maximum atomic E-state index is 12.1. The van der Waals surface area contributed by atoms with Crippen LogP contribution in [0.1, 0.15) is 45.4 Å². The topological polar surface area (TPSA) is 50.4 Å². The van der Waals surface area contributed by atoms with Crippen LogP contribution in [0.2, 0.25) is 0 Å². The van der Waals surface area contributed by atoms with Crippen molar-refractivity contribution < 1.29 is 9.63 Å². The highest BCUT2D eigenvalue weighted by Gasteiger charge is 2.39. The van der Waals surface area contributed by atoms with Gasteiger partial charge in [-0.3, -0.25) is 9.63 Å². The summed E-state index contributed by atoms with van der Waals surface area (Å²) in [6, 6.07) is 0. The third kappa shape index (κ3) is 2.38. The quantitative estimate of drug-likeness (QED) is 0.712. The number of nitrogens with one attached hydrogen (secondary N) is 2. The molecule has 2 N–H and O–H groups in total. The summed E-state index contributed by atoms with van der Waals surface area (Å²) in [7, 11) is 0. The fraction of sp³-hybridized carbons (Fsp3) is 0.917. The lowest BCUT2D eigenvalue weighted by atomic mass is 9.84. The first kappa shape index (κ1) is 11.9. The van der Waals surface area contributed by atoms with Gasteiger partial charge in [-0.1, -0.05) is 19.8 Å². The summed E-state index contributed by atoms with van der Waals surface area (Å²) in [6.45, 7) is 3.79. The molecule has 1 saturated carbocycles. The lowest BCUT2D eigenvalue weighted by Gasteiger charge is -2.25. The Morgan fingerprint density at radius 1 is 1.50 bits per heavy atom. The summed E-state index contributed by atoms with van der Waals surface area (Å²) in [4.78, 5) is 17.6. The van der Waals surface area contributed by atoms with Gasteiger partial charge in [0.25, 0.3) is 5.91 Å². The van der Waals surface area contributed by atoms with E-state index in [1.54, 1.807) is 0 Å². The Morgan fingerprint density at radius 2 is 2.25 bits per heavy atom. The molecule has 1 atom stereocenters. The van der Waals surface area contributed by atoms with E-state index in [2.05, 4.69) is 17.7 Å². The summed E-state index contributed by atoms with van der Waals surface area (Å²) < 4.78 is 0. The molecule has 2 fully saturated rings. The number of hydroxylamine groups is 1. The van der Waals surface area contributed by atoms with E-state index in [-0.39, 0.29) is 17.4 Å². The van der Waals surface area contributed by atoms with Crippen molar-refractivity contribution >= 4 is 5.91 Å². The van der Waals surface area contributed by atoms with E-state index in [1.807, 2.05) is 0 Å². The number of carbonyl (C=O) groups is 1. The molecule has 4 nitrogen and oxygen atoms in total. The molecule has 0 aromatic carbocycles. The number of rotatable bonds is 4. The Labute approximate surface area is 97.1 Å². The van der Waals surface area contributed by atoms with Crippen LogP contribution in [0.25, 0.3) is 0 Å². The van der Waals surface area contributed by atoms with Crippen LogP contribution in [0.5, 0.6) is 0 Å². The summed E-state index contributed by atoms with van der Waals surface area (Å²) >= 11 is 0. The maximum Gasteiger partial charge on any atom is 0.251 e. The van der Waals surface area contributed by atoms with Crippen LogP contribution in [-0.4, -0.2) is 25.1 Å². The molecule has 1 heterocycles. The van der Waals surface area contributed by atoms with Gasteiger partial charge in [0.2, 0.25) is 0 Å². The van der Waals surface area contributed by atoms with Crippen molar-refractivity contribution in [2.75, 3.05) is 13.1 Å². The first-order valence-electron chi connectivity index (χ1n) is 6.44. The zero-order valence-electron chi connectivity index (χ0n) is 10.1. The molecule has 16 heavy (non-hydrogen) atoms. The van der Waals surface area contributed by atoms with Crippen molar-refractivity contribution in [3.05, 3.63) is 0 Å². The van der Waals surface area contributed by atoms with Gasteiger partial charge in [-0.05, 0) is 32.2 Å². The third-order valence-electron chi connectivity index (χ3n) is 4.02. The lowest BCUT2D eigenvalue weighted by molar-refractivity contribution is -0.148. The van der Waals surface area contributed by atoms with E-state index < -0.39 is 0 Å². The van der Waals surface area contributed by atoms with Gasteiger partial charge in [-0.15, -0.1) is 0 Å². The molecule has 2 aliphatic rings. The SMILES string of the molecule is CCC1(C(=O)NOC2CCCC2)CCNC1. The van der Waals surface area contributed by atoms with Crippen LogP contribution < -0.4 is 10.8 Å². The molecule has 1 amide bonds. The molecule has 92 valence electrons.